The van der Waals surface area contributed by atoms with Crippen LogP contribution in [0.3, 0.4) is 0 Å². The number of nitrogens with zero attached hydrogens (tertiary/aromatic N) is 1. The largest absolute Gasteiger partial charge is 0.494 e. The predicted molar refractivity (Wildman–Crippen MR) is 108 cm³/mol. The Morgan fingerprint density at radius 1 is 1.04 bits per heavy atom. The number of benzene rings is 2. The van der Waals surface area contributed by atoms with Crippen molar-refractivity contribution in [2.45, 2.75) is 13.0 Å². The van der Waals surface area contributed by atoms with Gasteiger partial charge in [0.05, 0.1) is 25.9 Å². The molecule has 3 rings (SSSR count). The number of carbonyl (C=O) groups is 1. The Balaban J connectivity index is 1.59. The van der Waals surface area contributed by atoms with Crippen molar-refractivity contribution >= 4 is 5.91 Å². The van der Waals surface area contributed by atoms with Gasteiger partial charge in [-0.1, -0.05) is 30.3 Å². The smallest absolute Gasteiger partial charge is 0.258 e. The summed E-state index contributed by atoms with van der Waals surface area (Å²) in [5.74, 6) is 1.41. The van der Waals surface area contributed by atoms with Crippen LogP contribution >= 0.6 is 0 Å². The number of rotatable bonds is 9. The molecule has 28 heavy (non-hydrogen) atoms. The molecule has 6 heteroatoms. The standard InChI is InChI=1S/C22H28N2O4/c1-2-27-20-10-8-18(9-11-20)21(24-12-14-26-15-13-24)16-23-22(25)17-28-19-6-4-3-5-7-19/h3-11,21H,2,12-17H2,1H3,(H,23,25). The van der Waals surface area contributed by atoms with E-state index in [4.69, 9.17) is 14.2 Å². The molecule has 2 aromatic rings. The predicted octanol–water partition coefficient (Wildman–Crippen LogP) is 2.65. The van der Waals surface area contributed by atoms with Crippen LogP contribution in [0.15, 0.2) is 54.6 Å². The molecule has 0 bridgehead atoms. The lowest BCUT2D eigenvalue weighted by Gasteiger charge is -2.35. The summed E-state index contributed by atoms with van der Waals surface area (Å²) >= 11 is 0. The highest BCUT2D eigenvalue weighted by Crippen LogP contribution is 2.24. The maximum Gasteiger partial charge on any atom is 0.258 e. The lowest BCUT2D eigenvalue weighted by atomic mass is 10.0. The second kappa shape index (κ2) is 10.7. The van der Waals surface area contributed by atoms with E-state index >= 15 is 0 Å². The normalized spacial score (nSPS) is 15.6. The number of hydrogen-bond donors (Lipinski definition) is 1. The molecule has 1 saturated heterocycles. The molecular formula is C22H28N2O4. The third-order valence-electron chi connectivity index (χ3n) is 4.67. The highest BCUT2D eigenvalue weighted by atomic mass is 16.5. The summed E-state index contributed by atoms with van der Waals surface area (Å²) in [6.07, 6.45) is 0. The summed E-state index contributed by atoms with van der Waals surface area (Å²) < 4.78 is 16.6. The van der Waals surface area contributed by atoms with Gasteiger partial charge in [-0.25, -0.2) is 0 Å². The summed E-state index contributed by atoms with van der Waals surface area (Å²) in [5.41, 5.74) is 1.15. The van der Waals surface area contributed by atoms with Crippen LogP contribution in [0.5, 0.6) is 11.5 Å². The van der Waals surface area contributed by atoms with Gasteiger partial charge >= 0.3 is 0 Å². The van der Waals surface area contributed by atoms with Crippen molar-refractivity contribution in [3.8, 4) is 11.5 Å². The second-order valence-electron chi connectivity index (χ2n) is 6.57. The molecule has 1 atom stereocenters. The maximum atomic E-state index is 12.3. The van der Waals surface area contributed by atoms with Crippen molar-refractivity contribution in [2.75, 3.05) is 46.1 Å². The molecule has 1 fully saturated rings. The number of morpholine rings is 1. The van der Waals surface area contributed by atoms with Crippen LogP contribution in [0.1, 0.15) is 18.5 Å². The van der Waals surface area contributed by atoms with E-state index in [1.54, 1.807) is 0 Å². The first-order chi connectivity index (χ1) is 13.8. The van der Waals surface area contributed by atoms with Crippen molar-refractivity contribution in [3.63, 3.8) is 0 Å². The zero-order chi connectivity index (χ0) is 19.6. The monoisotopic (exact) mass is 384 g/mol. The Labute approximate surface area is 166 Å². The van der Waals surface area contributed by atoms with Gasteiger partial charge in [0.15, 0.2) is 6.61 Å². The van der Waals surface area contributed by atoms with Crippen molar-refractivity contribution in [3.05, 3.63) is 60.2 Å². The molecule has 1 aliphatic heterocycles. The van der Waals surface area contributed by atoms with E-state index in [1.165, 1.54) is 0 Å². The minimum atomic E-state index is -0.131. The molecule has 2 aromatic carbocycles. The van der Waals surface area contributed by atoms with Crippen LogP contribution < -0.4 is 14.8 Å². The molecule has 150 valence electrons. The third-order valence-corrected chi connectivity index (χ3v) is 4.67. The Morgan fingerprint density at radius 3 is 2.39 bits per heavy atom. The number of amides is 1. The number of para-hydroxylation sites is 1. The van der Waals surface area contributed by atoms with Crippen molar-refractivity contribution in [1.29, 1.82) is 0 Å². The van der Waals surface area contributed by atoms with E-state index in [1.807, 2.05) is 49.4 Å². The van der Waals surface area contributed by atoms with E-state index in [0.717, 1.165) is 24.4 Å². The quantitative estimate of drug-likeness (QED) is 0.720. The summed E-state index contributed by atoms with van der Waals surface area (Å²) in [4.78, 5) is 14.6. The minimum absolute atomic E-state index is 0.00310. The molecule has 0 radical (unpaired) electrons. The highest BCUT2D eigenvalue weighted by Gasteiger charge is 2.23. The zero-order valence-electron chi connectivity index (χ0n) is 16.3. The number of hydrogen-bond acceptors (Lipinski definition) is 5. The lowest BCUT2D eigenvalue weighted by molar-refractivity contribution is -0.123. The average Bonchev–Trinajstić information content (AvgIpc) is 2.75. The molecule has 1 N–H and O–H groups in total. The Kier molecular flexibility index (Phi) is 7.70. The van der Waals surface area contributed by atoms with Crippen LogP contribution in [0, 0.1) is 0 Å². The van der Waals surface area contributed by atoms with E-state index in [2.05, 4.69) is 22.3 Å². The fourth-order valence-electron chi connectivity index (χ4n) is 3.23. The van der Waals surface area contributed by atoms with Gasteiger partial charge in [-0.15, -0.1) is 0 Å². The van der Waals surface area contributed by atoms with E-state index < -0.39 is 0 Å². The van der Waals surface area contributed by atoms with Gasteiger partial charge in [0.25, 0.3) is 5.91 Å². The Morgan fingerprint density at radius 2 is 1.71 bits per heavy atom. The van der Waals surface area contributed by atoms with E-state index in [0.29, 0.717) is 32.1 Å². The van der Waals surface area contributed by atoms with Crippen molar-refractivity contribution in [2.24, 2.45) is 0 Å². The molecule has 1 aliphatic rings. The molecule has 0 aromatic heterocycles. The number of carbonyl (C=O) groups excluding carboxylic acids is 1. The maximum absolute atomic E-state index is 12.3. The Hall–Kier alpha value is -2.57. The molecule has 1 heterocycles. The zero-order valence-corrected chi connectivity index (χ0v) is 16.3. The minimum Gasteiger partial charge on any atom is -0.494 e. The van der Waals surface area contributed by atoms with Gasteiger partial charge < -0.3 is 19.5 Å². The van der Waals surface area contributed by atoms with Crippen molar-refractivity contribution < 1.29 is 19.0 Å². The van der Waals surface area contributed by atoms with Crippen molar-refractivity contribution in [1.82, 2.24) is 10.2 Å². The molecule has 0 saturated carbocycles. The third kappa shape index (κ3) is 5.97. The number of nitrogens with one attached hydrogen (secondary N) is 1. The van der Waals surface area contributed by atoms with Gasteiger partial charge in [-0.05, 0) is 36.8 Å². The van der Waals surface area contributed by atoms with Crippen LogP contribution in [-0.2, 0) is 9.53 Å². The fraction of sp³-hybridized carbons (Fsp3) is 0.409. The van der Waals surface area contributed by atoms with Gasteiger partial charge in [0, 0.05) is 19.6 Å². The van der Waals surface area contributed by atoms with Crippen LogP contribution in [0.25, 0.3) is 0 Å². The summed E-state index contributed by atoms with van der Waals surface area (Å²) in [5, 5.41) is 3.01. The first kappa shape index (κ1) is 20.2. The first-order valence-corrected chi connectivity index (χ1v) is 9.75. The van der Waals surface area contributed by atoms with Gasteiger partial charge in [0.2, 0.25) is 0 Å². The van der Waals surface area contributed by atoms with Gasteiger partial charge in [0.1, 0.15) is 11.5 Å². The summed E-state index contributed by atoms with van der Waals surface area (Å²) in [7, 11) is 0. The number of ether oxygens (including phenoxy) is 3. The van der Waals surface area contributed by atoms with Crippen LogP contribution in [0.2, 0.25) is 0 Å². The van der Waals surface area contributed by atoms with Gasteiger partial charge in [-0.2, -0.15) is 0 Å². The highest BCUT2D eigenvalue weighted by molar-refractivity contribution is 5.77. The molecule has 0 spiro atoms. The molecule has 1 amide bonds. The molecule has 0 aliphatic carbocycles. The Bertz CT molecular complexity index is 715. The SMILES string of the molecule is CCOc1ccc(C(CNC(=O)COc2ccccc2)N2CCOCC2)cc1. The topological polar surface area (TPSA) is 60.0 Å². The van der Waals surface area contributed by atoms with Gasteiger partial charge in [-0.3, -0.25) is 9.69 Å². The molecule has 1 unspecified atom stereocenters. The van der Waals surface area contributed by atoms with E-state index in [9.17, 15) is 4.79 Å². The summed E-state index contributed by atoms with van der Waals surface area (Å²) in [6.45, 7) is 6.23. The second-order valence-corrected chi connectivity index (χ2v) is 6.57. The van der Waals surface area contributed by atoms with E-state index in [-0.39, 0.29) is 18.6 Å². The molecular weight excluding hydrogens is 356 g/mol. The molecule has 6 nitrogen and oxygen atoms in total. The van der Waals surface area contributed by atoms with Crippen LogP contribution in [-0.4, -0.2) is 56.9 Å². The fourth-order valence-corrected chi connectivity index (χ4v) is 3.23. The first-order valence-electron chi connectivity index (χ1n) is 9.75. The lowest BCUT2D eigenvalue weighted by Crippen LogP contribution is -2.44. The summed E-state index contributed by atoms with van der Waals surface area (Å²) in [6, 6.07) is 17.5. The van der Waals surface area contributed by atoms with Crippen LogP contribution in [0.4, 0.5) is 0 Å². The average molecular weight is 384 g/mol.